The summed E-state index contributed by atoms with van der Waals surface area (Å²) in [5, 5.41) is 8.69. The van der Waals surface area contributed by atoms with Crippen molar-refractivity contribution in [3.63, 3.8) is 0 Å². The second-order valence-electron chi connectivity index (χ2n) is 7.73. The molecule has 0 spiro atoms. The number of rotatable bonds is 6. The molecule has 0 saturated carbocycles. The fourth-order valence-corrected chi connectivity index (χ4v) is 4.17. The highest BCUT2D eigenvalue weighted by Gasteiger charge is 2.30. The lowest BCUT2D eigenvalue weighted by Crippen LogP contribution is -2.31. The third-order valence-electron chi connectivity index (χ3n) is 5.93. The van der Waals surface area contributed by atoms with Gasteiger partial charge in [-0.2, -0.15) is 0 Å². The summed E-state index contributed by atoms with van der Waals surface area (Å²) in [7, 11) is 3.35. The third-order valence-corrected chi connectivity index (χ3v) is 5.93. The molecule has 0 aliphatic carbocycles. The molecule has 0 amide bonds. The Hall–Kier alpha value is -2.86. The highest BCUT2D eigenvalue weighted by atomic mass is 16.5. The number of methoxy groups -OCH3 is 2. The molecule has 2 aromatic carbocycles. The Morgan fingerprint density at radius 1 is 0.900 bits per heavy atom. The molecular weight excluding hydrogens is 378 g/mol. The zero-order valence-electron chi connectivity index (χ0n) is 17.9. The smallest absolute Gasteiger partial charge is 0.247 e. The molecule has 1 aromatic heterocycles. The van der Waals surface area contributed by atoms with E-state index in [0.29, 0.717) is 17.8 Å². The summed E-state index contributed by atoms with van der Waals surface area (Å²) in [6.07, 6.45) is 4.77. The van der Waals surface area contributed by atoms with Crippen LogP contribution in [0.15, 0.2) is 52.9 Å². The molecule has 3 aromatic rings. The molecule has 1 aliphatic rings. The zero-order valence-corrected chi connectivity index (χ0v) is 17.9. The van der Waals surface area contributed by atoms with Gasteiger partial charge in [0.2, 0.25) is 11.8 Å². The molecule has 4 rings (SSSR count). The summed E-state index contributed by atoms with van der Waals surface area (Å²) in [5.74, 6) is 2.88. The van der Waals surface area contributed by atoms with E-state index in [1.807, 2.05) is 36.4 Å². The first kappa shape index (κ1) is 20.4. The van der Waals surface area contributed by atoms with E-state index in [2.05, 4.69) is 34.2 Å². The van der Waals surface area contributed by atoms with Gasteiger partial charge in [0.15, 0.2) is 0 Å². The number of nitrogens with zero attached hydrogens (tertiary/aromatic N) is 3. The minimum Gasteiger partial charge on any atom is -0.497 e. The van der Waals surface area contributed by atoms with Crippen LogP contribution < -0.4 is 9.47 Å². The van der Waals surface area contributed by atoms with Gasteiger partial charge in [-0.15, -0.1) is 10.2 Å². The highest BCUT2D eigenvalue weighted by Crippen LogP contribution is 2.37. The van der Waals surface area contributed by atoms with Gasteiger partial charge in [-0.25, -0.2) is 0 Å². The van der Waals surface area contributed by atoms with E-state index in [4.69, 9.17) is 13.9 Å². The molecule has 1 fully saturated rings. The molecular formula is C24H29N3O3. The summed E-state index contributed by atoms with van der Waals surface area (Å²) in [5.41, 5.74) is 2.20. The van der Waals surface area contributed by atoms with Crippen LogP contribution in [0, 0.1) is 0 Å². The summed E-state index contributed by atoms with van der Waals surface area (Å²) in [4.78, 5) is 2.50. The van der Waals surface area contributed by atoms with Gasteiger partial charge in [-0.1, -0.05) is 25.0 Å². The Morgan fingerprint density at radius 3 is 2.23 bits per heavy atom. The van der Waals surface area contributed by atoms with Crippen molar-refractivity contribution >= 4 is 0 Å². The number of hydrogen-bond acceptors (Lipinski definition) is 6. The van der Waals surface area contributed by atoms with Crippen LogP contribution in [-0.4, -0.2) is 35.9 Å². The van der Waals surface area contributed by atoms with E-state index in [1.54, 1.807) is 14.2 Å². The molecule has 2 atom stereocenters. The summed E-state index contributed by atoms with van der Waals surface area (Å²) < 4.78 is 16.7. The number of aromatic nitrogens is 2. The monoisotopic (exact) mass is 407 g/mol. The molecule has 0 radical (unpaired) electrons. The van der Waals surface area contributed by atoms with Crippen molar-refractivity contribution in [2.75, 3.05) is 20.8 Å². The average molecular weight is 408 g/mol. The van der Waals surface area contributed by atoms with Crippen LogP contribution >= 0.6 is 0 Å². The molecule has 0 bridgehead atoms. The van der Waals surface area contributed by atoms with Crippen LogP contribution in [0.2, 0.25) is 0 Å². The van der Waals surface area contributed by atoms with Crippen molar-refractivity contribution in [3.8, 4) is 23.0 Å². The maximum absolute atomic E-state index is 6.10. The van der Waals surface area contributed by atoms with Crippen molar-refractivity contribution in [3.05, 3.63) is 60.0 Å². The first-order chi connectivity index (χ1) is 14.7. The van der Waals surface area contributed by atoms with E-state index < -0.39 is 0 Å². The van der Waals surface area contributed by atoms with Crippen LogP contribution in [0.4, 0.5) is 0 Å². The maximum atomic E-state index is 6.10. The fraction of sp³-hybridized carbons (Fsp3) is 0.417. The summed E-state index contributed by atoms with van der Waals surface area (Å²) in [6.45, 7) is 3.17. The molecule has 6 nitrogen and oxygen atoms in total. The van der Waals surface area contributed by atoms with Crippen LogP contribution in [0.1, 0.15) is 56.1 Å². The molecule has 158 valence electrons. The Labute approximate surface area is 177 Å². The number of likely N-dealkylation sites (tertiary alicyclic amines) is 1. The van der Waals surface area contributed by atoms with Crippen LogP contribution in [0.3, 0.4) is 0 Å². The number of ether oxygens (including phenoxy) is 2. The predicted molar refractivity (Wildman–Crippen MR) is 116 cm³/mol. The topological polar surface area (TPSA) is 60.6 Å². The minimum atomic E-state index is 0.0368. The van der Waals surface area contributed by atoms with Crippen molar-refractivity contribution in [1.82, 2.24) is 15.1 Å². The van der Waals surface area contributed by atoms with Crippen LogP contribution in [-0.2, 0) is 0 Å². The molecule has 1 aliphatic heterocycles. The predicted octanol–water partition coefficient (Wildman–Crippen LogP) is 5.43. The molecule has 1 saturated heterocycles. The lowest BCUT2D eigenvalue weighted by atomic mass is 9.99. The second-order valence-corrected chi connectivity index (χ2v) is 7.73. The van der Waals surface area contributed by atoms with E-state index in [0.717, 1.165) is 30.0 Å². The van der Waals surface area contributed by atoms with Crippen molar-refractivity contribution < 1.29 is 13.9 Å². The zero-order chi connectivity index (χ0) is 20.9. The van der Waals surface area contributed by atoms with Gasteiger partial charge in [0, 0.05) is 11.6 Å². The lowest BCUT2D eigenvalue weighted by Gasteiger charge is -2.33. The summed E-state index contributed by atoms with van der Waals surface area (Å²) >= 11 is 0. The van der Waals surface area contributed by atoms with Crippen LogP contribution in [0.25, 0.3) is 11.5 Å². The van der Waals surface area contributed by atoms with E-state index in [1.165, 1.54) is 24.8 Å². The standard InChI is InChI=1S/C24H29N3O3/c1-17(23-25-26-24(30-23)19-10-14-21(29-3)15-11-19)27-16-6-4-5-7-22(27)18-8-12-20(28-2)13-9-18/h8-15,17,22H,4-7,16H2,1-3H3/t17-,22-/m0/s1. The number of benzene rings is 2. The van der Waals surface area contributed by atoms with Gasteiger partial charge in [0.1, 0.15) is 11.5 Å². The Balaban J connectivity index is 1.57. The van der Waals surface area contributed by atoms with Crippen molar-refractivity contribution in [2.24, 2.45) is 0 Å². The van der Waals surface area contributed by atoms with E-state index in [-0.39, 0.29) is 6.04 Å². The van der Waals surface area contributed by atoms with Gasteiger partial charge in [-0.3, -0.25) is 4.90 Å². The molecule has 30 heavy (non-hydrogen) atoms. The summed E-state index contributed by atoms with van der Waals surface area (Å²) in [6, 6.07) is 16.5. The molecule has 0 N–H and O–H groups in total. The van der Waals surface area contributed by atoms with Gasteiger partial charge < -0.3 is 13.9 Å². The van der Waals surface area contributed by atoms with Gasteiger partial charge in [0.05, 0.1) is 20.3 Å². The second kappa shape index (κ2) is 9.30. The quantitative estimate of drug-likeness (QED) is 0.543. The van der Waals surface area contributed by atoms with Gasteiger partial charge in [0.25, 0.3) is 0 Å². The number of hydrogen-bond donors (Lipinski definition) is 0. The van der Waals surface area contributed by atoms with E-state index >= 15 is 0 Å². The highest BCUT2D eigenvalue weighted by molar-refractivity contribution is 5.54. The van der Waals surface area contributed by atoms with Crippen molar-refractivity contribution in [2.45, 2.75) is 44.7 Å². The molecule has 2 heterocycles. The maximum Gasteiger partial charge on any atom is 0.247 e. The lowest BCUT2D eigenvalue weighted by molar-refractivity contribution is 0.127. The largest absolute Gasteiger partial charge is 0.497 e. The molecule has 6 heteroatoms. The Kier molecular flexibility index (Phi) is 6.33. The first-order valence-corrected chi connectivity index (χ1v) is 10.6. The Morgan fingerprint density at radius 2 is 1.57 bits per heavy atom. The minimum absolute atomic E-state index is 0.0368. The Bertz CT molecular complexity index is 937. The van der Waals surface area contributed by atoms with Gasteiger partial charge >= 0.3 is 0 Å². The van der Waals surface area contributed by atoms with Crippen LogP contribution in [0.5, 0.6) is 11.5 Å². The fourth-order valence-electron chi connectivity index (χ4n) is 4.17. The van der Waals surface area contributed by atoms with E-state index in [9.17, 15) is 0 Å². The third kappa shape index (κ3) is 4.33. The average Bonchev–Trinajstić information content (AvgIpc) is 3.17. The first-order valence-electron chi connectivity index (χ1n) is 10.6. The van der Waals surface area contributed by atoms with Gasteiger partial charge in [-0.05, 0) is 68.3 Å². The SMILES string of the molecule is COc1ccc(-c2nnc([C@H](C)N3CCCCC[C@H]3c3ccc(OC)cc3)o2)cc1. The molecule has 0 unspecified atom stereocenters. The normalized spacial score (nSPS) is 18.6. The van der Waals surface area contributed by atoms with Crippen molar-refractivity contribution in [1.29, 1.82) is 0 Å².